The van der Waals surface area contributed by atoms with Crippen LogP contribution in [0.5, 0.6) is 0 Å². The highest BCUT2D eigenvalue weighted by atomic mass is 16.2. The molecular formula is C16H24N2O. The summed E-state index contributed by atoms with van der Waals surface area (Å²) in [6.07, 6.45) is 7.89. The first-order valence-corrected chi connectivity index (χ1v) is 7.27. The normalized spacial score (nSPS) is 16.9. The monoisotopic (exact) mass is 260 g/mol. The molecule has 1 aromatic rings. The van der Waals surface area contributed by atoms with Gasteiger partial charge in [0.1, 0.15) is 0 Å². The van der Waals surface area contributed by atoms with Crippen LogP contribution in [-0.2, 0) is 11.2 Å². The Balaban J connectivity index is 1.94. The molecule has 3 heteroatoms. The Hall–Kier alpha value is -1.51. The second kappa shape index (κ2) is 6.60. The van der Waals surface area contributed by atoms with Crippen molar-refractivity contribution in [2.24, 2.45) is 0 Å². The average Bonchev–Trinajstić information content (AvgIpc) is 2.66. The van der Waals surface area contributed by atoms with Gasteiger partial charge in [0.15, 0.2) is 0 Å². The number of carbonyl (C=O) groups excluding carboxylic acids is 1. The fourth-order valence-electron chi connectivity index (χ4n) is 2.85. The molecule has 3 nitrogen and oxygen atoms in total. The third-order valence-electron chi connectivity index (χ3n) is 4.07. The number of rotatable bonds is 3. The van der Waals surface area contributed by atoms with Crippen molar-refractivity contribution >= 4 is 11.6 Å². The number of hydrogen-bond donors (Lipinski definition) is 1. The average molecular weight is 260 g/mol. The van der Waals surface area contributed by atoms with Gasteiger partial charge in [-0.2, -0.15) is 0 Å². The summed E-state index contributed by atoms with van der Waals surface area (Å²) in [6.45, 7) is 0. The summed E-state index contributed by atoms with van der Waals surface area (Å²) >= 11 is 0. The smallest absolute Gasteiger partial charge is 0.226 e. The summed E-state index contributed by atoms with van der Waals surface area (Å²) in [5, 5.41) is 0. The molecule has 1 aromatic carbocycles. The van der Waals surface area contributed by atoms with Crippen molar-refractivity contribution in [3.8, 4) is 0 Å². The molecule has 0 spiro atoms. The van der Waals surface area contributed by atoms with Crippen molar-refractivity contribution < 1.29 is 4.79 Å². The van der Waals surface area contributed by atoms with E-state index in [0.717, 1.165) is 24.1 Å². The predicted molar refractivity (Wildman–Crippen MR) is 78.8 cm³/mol. The number of hydrogen-bond acceptors (Lipinski definition) is 2. The predicted octanol–water partition coefficient (Wildman–Crippen LogP) is 2.99. The molecule has 0 unspecified atom stereocenters. The summed E-state index contributed by atoms with van der Waals surface area (Å²) in [5.41, 5.74) is 7.48. The number of nitrogens with two attached hydrogens (primary N) is 1. The van der Waals surface area contributed by atoms with E-state index in [9.17, 15) is 4.79 Å². The van der Waals surface area contributed by atoms with Crippen LogP contribution in [0.3, 0.4) is 0 Å². The molecule has 2 N–H and O–H groups in total. The molecule has 1 aliphatic carbocycles. The molecular weight excluding hydrogens is 236 g/mol. The van der Waals surface area contributed by atoms with Gasteiger partial charge in [0, 0.05) is 18.8 Å². The zero-order valence-electron chi connectivity index (χ0n) is 11.8. The number of likely N-dealkylation sites (N-methyl/N-ethyl adjacent to an activating group) is 1. The van der Waals surface area contributed by atoms with Crippen molar-refractivity contribution in [1.82, 2.24) is 4.90 Å². The van der Waals surface area contributed by atoms with Crippen LogP contribution in [0, 0.1) is 0 Å². The first-order chi connectivity index (χ1) is 9.16. The van der Waals surface area contributed by atoms with Crippen LogP contribution in [0.2, 0.25) is 0 Å². The van der Waals surface area contributed by atoms with Crippen molar-refractivity contribution in [3.05, 3.63) is 29.8 Å². The van der Waals surface area contributed by atoms with Gasteiger partial charge in [0.25, 0.3) is 0 Å². The van der Waals surface area contributed by atoms with Crippen LogP contribution < -0.4 is 5.73 Å². The first-order valence-electron chi connectivity index (χ1n) is 7.27. The van der Waals surface area contributed by atoms with Crippen LogP contribution in [0.25, 0.3) is 0 Å². The van der Waals surface area contributed by atoms with Gasteiger partial charge in [-0.05, 0) is 30.5 Å². The molecule has 1 saturated carbocycles. The van der Waals surface area contributed by atoms with Crippen molar-refractivity contribution in [3.63, 3.8) is 0 Å². The number of benzene rings is 1. The van der Waals surface area contributed by atoms with E-state index >= 15 is 0 Å². The number of nitrogens with zero attached hydrogens (tertiary/aromatic N) is 1. The third-order valence-corrected chi connectivity index (χ3v) is 4.07. The van der Waals surface area contributed by atoms with Gasteiger partial charge in [-0.15, -0.1) is 0 Å². The van der Waals surface area contributed by atoms with Gasteiger partial charge in [-0.1, -0.05) is 37.8 Å². The maximum atomic E-state index is 12.3. The van der Waals surface area contributed by atoms with Crippen molar-refractivity contribution in [2.75, 3.05) is 12.8 Å². The summed E-state index contributed by atoms with van der Waals surface area (Å²) in [6, 6.07) is 8.04. The lowest BCUT2D eigenvalue weighted by molar-refractivity contribution is -0.131. The molecule has 0 aromatic heterocycles. The molecule has 1 fully saturated rings. The molecule has 2 rings (SSSR count). The van der Waals surface area contributed by atoms with E-state index in [-0.39, 0.29) is 5.91 Å². The fraction of sp³-hybridized carbons (Fsp3) is 0.562. The highest BCUT2D eigenvalue weighted by Crippen LogP contribution is 2.21. The molecule has 0 atom stereocenters. The molecule has 104 valence electrons. The third kappa shape index (κ3) is 3.98. The van der Waals surface area contributed by atoms with Gasteiger partial charge in [0.05, 0.1) is 6.42 Å². The Bertz CT molecular complexity index is 423. The number of amides is 1. The lowest BCUT2D eigenvalue weighted by Gasteiger charge is -2.27. The van der Waals surface area contributed by atoms with Gasteiger partial charge >= 0.3 is 0 Å². The topological polar surface area (TPSA) is 46.3 Å². The number of nitrogen functional groups attached to an aromatic ring is 1. The maximum Gasteiger partial charge on any atom is 0.226 e. The van der Waals surface area contributed by atoms with Gasteiger partial charge in [-0.3, -0.25) is 4.79 Å². The number of anilines is 1. The van der Waals surface area contributed by atoms with Crippen LogP contribution in [0.15, 0.2) is 24.3 Å². The SMILES string of the molecule is CN(C(=O)Cc1cccc(N)c1)C1CCCCCC1. The molecule has 1 aliphatic rings. The first kappa shape index (κ1) is 13.9. The maximum absolute atomic E-state index is 12.3. The summed E-state index contributed by atoms with van der Waals surface area (Å²) in [4.78, 5) is 14.3. The van der Waals surface area contributed by atoms with E-state index in [0.29, 0.717) is 12.5 Å². The van der Waals surface area contributed by atoms with E-state index in [1.54, 1.807) is 0 Å². The summed E-state index contributed by atoms with van der Waals surface area (Å²) in [5.74, 6) is 0.206. The summed E-state index contributed by atoms with van der Waals surface area (Å²) < 4.78 is 0. The zero-order chi connectivity index (χ0) is 13.7. The molecule has 0 bridgehead atoms. The molecule has 0 aliphatic heterocycles. The highest BCUT2D eigenvalue weighted by molar-refractivity contribution is 5.79. The Labute approximate surface area is 115 Å². The number of carbonyl (C=O) groups is 1. The highest BCUT2D eigenvalue weighted by Gasteiger charge is 2.21. The van der Waals surface area contributed by atoms with E-state index in [4.69, 9.17) is 5.73 Å². The summed E-state index contributed by atoms with van der Waals surface area (Å²) in [7, 11) is 1.95. The van der Waals surface area contributed by atoms with Gasteiger partial charge in [0.2, 0.25) is 5.91 Å². The lowest BCUT2D eigenvalue weighted by Crippen LogP contribution is -2.37. The Morgan fingerprint density at radius 3 is 2.58 bits per heavy atom. The molecule has 19 heavy (non-hydrogen) atoms. The van der Waals surface area contributed by atoms with E-state index in [2.05, 4.69) is 0 Å². The van der Waals surface area contributed by atoms with Crippen molar-refractivity contribution in [1.29, 1.82) is 0 Å². The second-order valence-corrected chi connectivity index (χ2v) is 5.57. The molecule has 0 radical (unpaired) electrons. The second-order valence-electron chi connectivity index (χ2n) is 5.57. The minimum atomic E-state index is 0.206. The van der Waals surface area contributed by atoms with E-state index in [1.165, 1.54) is 25.7 Å². The largest absolute Gasteiger partial charge is 0.399 e. The van der Waals surface area contributed by atoms with Crippen LogP contribution in [0.1, 0.15) is 44.1 Å². The van der Waals surface area contributed by atoms with Crippen molar-refractivity contribution in [2.45, 2.75) is 51.0 Å². The Morgan fingerprint density at radius 2 is 1.95 bits per heavy atom. The lowest BCUT2D eigenvalue weighted by atomic mass is 10.1. The molecule has 0 heterocycles. The minimum Gasteiger partial charge on any atom is -0.399 e. The fourth-order valence-corrected chi connectivity index (χ4v) is 2.85. The zero-order valence-corrected chi connectivity index (χ0v) is 11.8. The minimum absolute atomic E-state index is 0.206. The Morgan fingerprint density at radius 1 is 1.26 bits per heavy atom. The van der Waals surface area contributed by atoms with Crippen LogP contribution in [-0.4, -0.2) is 23.9 Å². The van der Waals surface area contributed by atoms with Crippen LogP contribution in [0.4, 0.5) is 5.69 Å². The van der Waals surface area contributed by atoms with Crippen LogP contribution >= 0.6 is 0 Å². The Kier molecular flexibility index (Phi) is 4.83. The molecule has 0 saturated heterocycles. The van der Waals surface area contributed by atoms with Gasteiger partial charge < -0.3 is 10.6 Å². The standard InChI is InChI=1S/C16H24N2O/c1-18(15-9-4-2-3-5-10-15)16(19)12-13-7-6-8-14(17)11-13/h6-8,11,15H,2-5,9-10,12,17H2,1H3. The molecule has 1 amide bonds. The van der Waals surface area contributed by atoms with E-state index < -0.39 is 0 Å². The quantitative estimate of drug-likeness (QED) is 0.671. The van der Waals surface area contributed by atoms with E-state index in [1.807, 2.05) is 36.2 Å². The van der Waals surface area contributed by atoms with Gasteiger partial charge in [-0.25, -0.2) is 0 Å².